The lowest BCUT2D eigenvalue weighted by Crippen LogP contribution is -2.20. The maximum atomic E-state index is 13.0. The number of hydrogen-bond acceptors (Lipinski definition) is 7. The minimum Gasteiger partial charge on any atom is -0.490 e. The van der Waals surface area contributed by atoms with Crippen LogP contribution in [0, 0.1) is 0 Å². The van der Waals surface area contributed by atoms with Gasteiger partial charge in [-0.1, -0.05) is 11.6 Å². The van der Waals surface area contributed by atoms with Crippen LogP contribution in [0.4, 0.5) is 24.7 Å². The topological polar surface area (TPSA) is 111 Å². The number of halogens is 4. The van der Waals surface area contributed by atoms with Crippen LogP contribution >= 0.6 is 11.6 Å². The molecule has 0 spiro atoms. The maximum Gasteiger partial charge on any atom is 0.433 e. The lowest BCUT2D eigenvalue weighted by Gasteiger charge is -2.14. The summed E-state index contributed by atoms with van der Waals surface area (Å²) >= 11 is 5.89. The molecule has 13 heteroatoms. The molecule has 0 atom stereocenters. The van der Waals surface area contributed by atoms with Gasteiger partial charge in [-0.15, -0.1) is 5.10 Å². The Bertz CT molecular complexity index is 1090. The molecule has 0 aliphatic heterocycles. The van der Waals surface area contributed by atoms with E-state index in [1.54, 1.807) is 0 Å². The fourth-order valence-electron chi connectivity index (χ4n) is 2.47. The minimum absolute atomic E-state index is 0.139. The molecule has 3 N–H and O–H groups in total. The average molecular weight is 444 g/mol. The Labute approximate surface area is 173 Å². The number of hydrogen-bond donors (Lipinski definition) is 2. The number of carbonyl (C=O) groups is 1. The number of aromatic nitrogens is 4. The fourth-order valence-corrected chi connectivity index (χ4v) is 2.62. The smallest absolute Gasteiger partial charge is 0.433 e. The summed E-state index contributed by atoms with van der Waals surface area (Å²) in [7, 11) is 3.73. The molecule has 0 aliphatic rings. The number of nitrogens with two attached hydrogens (primary N) is 1. The van der Waals surface area contributed by atoms with Crippen molar-refractivity contribution in [2.24, 2.45) is 0 Å². The molecule has 0 aromatic carbocycles. The van der Waals surface area contributed by atoms with Gasteiger partial charge in [-0.25, -0.2) is 14.5 Å². The van der Waals surface area contributed by atoms with Gasteiger partial charge in [0.2, 0.25) is 0 Å². The van der Waals surface area contributed by atoms with Gasteiger partial charge in [0.05, 0.1) is 6.20 Å². The van der Waals surface area contributed by atoms with Crippen molar-refractivity contribution in [2.75, 3.05) is 38.3 Å². The Morgan fingerprint density at radius 3 is 2.80 bits per heavy atom. The molecular formula is C17H17ClF3N7O2. The number of nitrogens with one attached hydrogen (secondary N) is 1. The van der Waals surface area contributed by atoms with Gasteiger partial charge < -0.3 is 20.7 Å². The molecule has 3 rings (SSSR count). The minimum atomic E-state index is -4.69. The van der Waals surface area contributed by atoms with Crippen molar-refractivity contribution in [1.29, 1.82) is 0 Å². The normalized spacial score (nSPS) is 11.8. The van der Waals surface area contributed by atoms with Gasteiger partial charge in [0.25, 0.3) is 5.91 Å². The SMILES string of the molecule is CN(C)CCOc1cc(Cl)ncc1NC(=O)c1c(N)nn2ccc(C(F)(F)F)nc12. The third-order valence-corrected chi connectivity index (χ3v) is 4.11. The average Bonchev–Trinajstić information content (AvgIpc) is 2.97. The summed E-state index contributed by atoms with van der Waals surface area (Å²) in [5, 5.41) is 6.49. The fraction of sp³-hybridized carbons (Fsp3) is 0.294. The Balaban J connectivity index is 1.93. The Morgan fingerprint density at radius 1 is 1.40 bits per heavy atom. The van der Waals surface area contributed by atoms with Crippen molar-refractivity contribution in [2.45, 2.75) is 6.18 Å². The summed E-state index contributed by atoms with van der Waals surface area (Å²) in [6.45, 7) is 0.893. The second-order valence-corrected chi connectivity index (χ2v) is 6.84. The monoisotopic (exact) mass is 443 g/mol. The highest BCUT2D eigenvalue weighted by Crippen LogP contribution is 2.30. The molecule has 3 aromatic heterocycles. The van der Waals surface area contributed by atoms with Crippen molar-refractivity contribution < 1.29 is 22.7 Å². The molecule has 3 heterocycles. The van der Waals surface area contributed by atoms with E-state index in [1.165, 1.54) is 12.3 Å². The number of anilines is 2. The van der Waals surface area contributed by atoms with E-state index in [2.05, 4.69) is 20.4 Å². The number of ether oxygens (including phenoxy) is 1. The molecule has 0 fully saturated rings. The van der Waals surface area contributed by atoms with E-state index in [4.69, 9.17) is 22.1 Å². The van der Waals surface area contributed by atoms with E-state index < -0.39 is 17.8 Å². The van der Waals surface area contributed by atoms with Gasteiger partial charge in [0, 0.05) is 18.8 Å². The Hall–Kier alpha value is -3.12. The van der Waals surface area contributed by atoms with Crippen LogP contribution in [-0.2, 0) is 6.18 Å². The summed E-state index contributed by atoms with van der Waals surface area (Å²) in [6.07, 6.45) is -2.40. The van der Waals surface area contributed by atoms with Crippen molar-refractivity contribution in [3.8, 4) is 5.75 Å². The number of pyridine rings is 1. The molecule has 160 valence electrons. The van der Waals surface area contributed by atoms with Crippen LogP contribution < -0.4 is 15.8 Å². The van der Waals surface area contributed by atoms with Gasteiger partial charge in [0.15, 0.2) is 11.5 Å². The van der Waals surface area contributed by atoms with Crippen LogP contribution in [0.15, 0.2) is 24.5 Å². The van der Waals surface area contributed by atoms with Crippen LogP contribution in [-0.4, -0.2) is 57.6 Å². The van der Waals surface area contributed by atoms with Gasteiger partial charge in [-0.05, 0) is 20.2 Å². The number of nitrogens with zero attached hydrogens (tertiary/aromatic N) is 5. The van der Waals surface area contributed by atoms with E-state index in [0.717, 1.165) is 16.8 Å². The molecular weight excluding hydrogens is 427 g/mol. The quantitative estimate of drug-likeness (QED) is 0.563. The molecule has 30 heavy (non-hydrogen) atoms. The summed E-state index contributed by atoms with van der Waals surface area (Å²) in [5.41, 5.74) is 4.09. The van der Waals surface area contributed by atoms with E-state index in [9.17, 15) is 18.0 Å². The molecule has 9 nitrogen and oxygen atoms in total. The number of nitrogen functional groups attached to an aromatic ring is 1. The molecule has 0 unspecified atom stereocenters. The number of rotatable bonds is 6. The summed E-state index contributed by atoms with van der Waals surface area (Å²) < 4.78 is 45.6. The maximum absolute atomic E-state index is 13.0. The molecule has 3 aromatic rings. The number of carbonyl (C=O) groups excluding carboxylic acids is 1. The second kappa shape index (κ2) is 8.32. The first-order valence-electron chi connectivity index (χ1n) is 8.52. The molecule has 0 saturated carbocycles. The Morgan fingerprint density at radius 2 is 2.13 bits per heavy atom. The zero-order chi connectivity index (χ0) is 22.1. The standard InChI is InChI=1S/C17H17ClF3N7O2/c1-27(2)5-6-30-10-7-12(18)23-8-9(10)24-16(29)13-14(22)26-28-4-3-11(17(19,20)21)25-15(13)28/h3-4,7-8H,5-6H2,1-2H3,(H2,22,26)(H,24,29). The van der Waals surface area contributed by atoms with Gasteiger partial charge in [-0.3, -0.25) is 4.79 Å². The predicted molar refractivity (Wildman–Crippen MR) is 104 cm³/mol. The van der Waals surface area contributed by atoms with Crippen LogP contribution in [0.2, 0.25) is 5.15 Å². The first kappa shape index (κ1) is 21.6. The first-order valence-corrected chi connectivity index (χ1v) is 8.90. The number of alkyl halides is 3. The summed E-state index contributed by atoms with van der Waals surface area (Å²) in [6, 6.07) is 2.15. The lowest BCUT2D eigenvalue weighted by molar-refractivity contribution is -0.141. The van der Waals surface area contributed by atoms with Gasteiger partial charge in [0.1, 0.15) is 34.5 Å². The van der Waals surface area contributed by atoms with E-state index >= 15 is 0 Å². The zero-order valence-electron chi connectivity index (χ0n) is 15.9. The third-order valence-electron chi connectivity index (χ3n) is 3.91. The van der Waals surface area contributed by atoms with E-state index in [1.807, 2.05) is 19.0 Å². The lowest BCUT2D eigenvalue weighted by atomic mass is 10.2. The molecule has 0 saturated heterocycles. The molecule has 0 bridgehead atoms. The van der Waals surface area contributed by atoms with Crippen molar-refractivity contribution in [3.63, 3.8) is 0 Å². The highest BCUT2D eigenvalue weighted by molar-refractivity contribution is 6.29. The van der Waals surface area contributed by atoms with Crippen LogP contribution in [0.5, 0.6) is 5.75 Å². The van der Waals surface area contributed by atoms with Crippen molar-refractivity contribution >= 4 is 34.7 Å². The largest absolute Gasteiger partial charge is 0.490 e. The van der Waals surface area contributed by atoms with E-state index in [-0.39, 0.29) is 33.6 Å². The number of amides is 1. The molecule has 0 radical (unpaired) electrons. The second-order valence-electron chi connectivity index (χ2n) is 6.45. The summed E-state index contributed by atoms with van der Waals surface area (Å²) in [4.78, 5) is 22.1. The third kappa shape index (κ3) is 4.71. The first-order chi connectivity index (χ1) is 14.1. The van der Waals surface area contributed by atoms with Crippen LogP contribution in [0.25, 0.3) is 5.65 Å². The highest BCUT2D eigenvalue weighted by Gasteiger charge is 2.34. The van der Waals surface area contributed by atoms with Gasteiger partial charge in [-0.2, -0.15) is 13.2 Å². The Kier molecular flexibility index (Phi) is 5.99. The van der Waals surface area contributed by atoms with Crippen molar-refractivity contribution in [1.82, 2.24) is 24.5 Å². The molecule has 1 amide bonds. The van der Waals surface area contributed by atoms with E-state index in [0.29, 0.717) is 13.2 Å². The number of likely N-dealkylation sites (N-methyl/N-ethyl adjacent to an activating group) is 1. The highest BCUT2D eigenvalue weighted by atomic mass is 35.5. The summed E-state index contributed by atoms with van der Waals surface area (Å²) in [5.74, 6) is -0.864. The van der Waals surface area contributed by atoms with Crippen LogP contribution in [0.1, 0.15) is 16.1 Å². The number of fused-ring (bicyclic) bond motifs is 1. The predicted octanol–water partition coefficient (Wildman–Crippen LogP) is 2.57. The molecule has 0 aliphatic carbocycles. The zero-order valence-corrected chi connectivity index (χ0v) is 16.6. The van der Waals surface area contributed by atoms with Crippen molar-refractivity contribution in [3.05, 3.63) is 40.9 Å². The van der Waals surface area contributed by atoms with Crippen LogP contribution in [0.3, 0.4) is 0 Å². The van der Waals surface area contributed by atoms with Gasteiger partial charge >= 0.3 is 6.18 Å².